The van der Waals surface area contributed by atoms with Crippen LogP contribution in [-0.4, -0.2) is 71.3 Å². The molecule has 1 aromatic rings. The summed E-state index contributed by atoms with van der Waals surface area (Å²) in [5.41, 5.74) is 0.780. The Morgan fingerprint density at radius 3 is 2.41 bits per heavy atom. The highest BCUT2D eigenvalue weighted by molar-refractivity contribution is 5.78. The highest BCUT2D eigenvalue weighted by Crippen LogP contribution is 2.35. The Hall–Kier alpha value is -2.20. The first-order valence-corrected chi connectivity index (χ1v) is 9.11. The standard InChI is InChI=1S/C17H23FN2O2.C2HF3O2/c1-13-17(22-12-16(21)19(13)2)6-8-20(9-7-17)11-14-4-3-5-15(18)10-14;3-2(4,5)1(6)7/h3-5,10,13H,6-9,11-12H2,1-2H3;(H,6,7). The van der Waals surface area contributed by atoms with E-state index in [2.05, 4.69) is 11.8 Å². The van der Waals surface area contributed by atoms with Crippen molar-refractivity contribution >= 4 is 11.9 Å². The van der Waals surface area contributed by atoms with E-state index in [1.165, 1.54) is 6.07 Å². The third-order valence-electron chi connectivity index (χ3n) is 5.46. The Balaban J connectivity index is 0.000000370. The van der Waals surface area contributed by atoms with Crippen molar-refractivity contribution in [3.63, 3.8) is 0 Å². The van der Waals surface area contributed by atoms with Crippen LogP contribution in [0.3, 0.4) is 0 Å². The summed E-state index contributed by atoms with van der Waals surface area (Å²) in [6.45, 7) is 4.83. The molecule has 2 heterocycles. The van der Waals surface area contributed by atoms with Crippen LogP contribution in [0.15, 0.2) is 24.3 Å². The van der Waals surface area contributed by atoms with Gasteiger partial charge in [0.15, 0.2) is 0 Å². The molecule has 6 nitrogen and oxygen atoms in total. The van der Waals surface area contributed by atoms with Gasteiger partial charge in [0.25, 0.3) is 0 Å². The Bertz CT molecular complexity index is 733. The quantitative estimate of drug-likeness (QED) is 0.745. The first-order valence-electron chi connectivity index (χ1n) is 9.11. The molecule has 0 bridgehead atoms. The van der Waals surface area contributed by atoms with Crippen molar-refractivity contribution in [1.82, 2.24) is 9.80 Å². The van der Waals surface area contributed by atoms with Crippen molar-refractivity contribution in [2.45, 2.75) is 44.1 Å². The van der Waals surface area contributed by atoms with E-state index in [0.29, 0.717) is 0 Å². The number of morpholine rings is 1. The lowest BCUT2D eigenvalue weighted by Crippen LogP contribution is -2.62. The van der Waals surface area contributed by atoms with Crippen LogP contribution in [0, 0.1) is 5.82 Å². The fourth-order valence-electron chi connectivity index (χ4n) is 3.54. The maximum absolute atomic E-state index is 13.3. The van der Waals surface area contributed by atoms with Crippen LogP contribution in [0.25, 0.3) is 0 Å². The molecular formula is C19H24F4N2O4. The summed E-state index contributed by atoms with van der Waals surface area (Å²) in [6.07, 6.45) is -3.28. The summed E-state index contributed by atoms with van der Waals surface area (Å²) in [5.74, 6) is -2.89. The number of benzene rings is 1. The third kappa shape index (κ3) is 5.89. The number of aliphatic carboxylic acids is 1. The lowest BCUT2D eigenvalue weighted by molar-refractivity contribution is -0.192. The molecule has 0 aliphatic carbocycles. The smallest absolute Gasteiger partial charge is 0.475 e. The van der Waals surface area contributed by atoms with Gasteiger partial charge in [0.1, 0.15) is 12.4 Å². The molecule has 0 radical (unpaired) electrons. The average Bonchev–Trinajstić information content (AvgIpc) is 2.65. The molecule has 1 aromatic carbocycles. The molecule has 2 aliphatic heterocycles. The van der Waals surface area contributed by atoms with Crippen molar-refractivity contribution in [3.05, 3.63) is 35.6 Å². The highest BCUT2D eigenvalue weighted by Gasteiger charge is 2.46. The molecule has 2 saturated heterocycles. The number of nitrogens with zero attached hydrogens (tertiary/aromatic N) is 2. The average molecular weight is 420 g/mol. The maximum atomic E-state index is 13.3. The Labute approximate surface area is 166 Å². The van der Waals surface area contributed by atoms with E-state index in [-0.39, 0.29) is 30.0 Å². The minimum absolute atomic E-state index is 0.0558. The van der Waals surface area contributed by atoms with E-state index in [4.69, 9.17) is 14.6 Å². The third-order valence-corrected chi connectivity index (χ3v) is 5.46. The van der Waals surface area contributed by atoms with Gasteiger partial charge in [-0.15, -0.1) is 0 Å². The summed E-state index contributed by atoms with van der Waals surface area (Å²) < 4.78 is 50.9. The van der Waals surface area contributed by atoms with Gasteiger partial charge in [0.2, 0.25) is 5.91 Å². The second-order valence-electron chi connectivity index (χ2n) is 7.24. The SMILES string of the molecule is CC1N(C)C(=O)COC12CCN(Cc1cccc(F)c1)CC2.O=C(O)C(F)(F)F. The van der Waals surface area contributed by atoms with Gasteiger partial charge in [-0.1, -0.05) is 12.1 Å². The number of alkyl halides is 3. The lowest BCUT2D eigenvalue weighted by atomic mass is 9.83. The van der Waals surface area contributed by atoms with E-state index >= 15 is 0 Å². The van der Waals surface area contributed by atoms with Crippen LogP contribution in [-0.2, 0) is 20.9 Å². The number of rotatable bonds is 2. The topological polar surface area (TPSA) is 70.1 Å². The van der Waals surface area contributed by atoms with E-state index < -0.39 is 12.1 Å². The zero-order valence-corrected chi connectivity index (χ0v) is 16.2. The molecule has 0 aromatic heterocycles. The second kappa shape index (κ2) is 9.08. The molecule has 2 fully saturated rings. The molecule has 162 valence electrons. The molecule has 1 atom stereocenters. The largest absolute Gasteiger partial charge is 0.490 e. The molecule has 1 spiro atoms. The van der Waals surface area contributed by atoms with Crippen LogP contribution in [0.4, 0.5) is 17.6 Å². The fourth-order valence-corrected chi connectivity index (χ4v) is 3.54. The number of ether oxygens (including phenoxy) is 1. The molecule has 3 rings (SSSR count). The van der Waals surface area contributed by atoms with Crippen molar-refractivity contribution in [3.8, 4) is 0 Å². The number of hydrogen-bond acceptors (Lipinski definition) is 4. The van der Waals surface area contributed by atoms with Crippen LogP contribution in [0.1, 0.15) is 25.3 Å². The predicted molar refractivity (Wildman–Crippen MR) is 95.5 cm³/mol. The number of carboxylic acids is 1. The maximum Gasteiger partial charge on any atom is 0.490 e. The van der Waals surface area contributed by atoms with Gasteiger partial charge in [-0.25, -0.2) is 9.18 Å². The zero-order chi connectivity index (χ0) is 21.8. The Morgan fingerprint density at radius 2 is 1.90 bits per heavy atom. The molecular weight excluding hydrogens is 396 g/mol. The van der Waals surface area contributed by atoms with Crippen molar-refractivity contribution < 1.29 is 37.0 Å². The number of likely N-dealkylation sites (tertiary alicyclic amines) is 1. The molecule has 1 N–H and O–H groups in total. The number of hydrogen-bond donors (Lipinski definition) is 1. The number of carbonyl (C=O) groups excluding carboxylic acids is 1. The van der Waals surface area contributed by atoms with Crippen LogP contribution < -0.4 is 0 Å². The van der Waals surface area contributed by atoms with Crippen LogP contribution >= 0.6 is 0 Å². The number of carboxylic acid groups (broad SMARTS) is 1. The van der Waals surface area contributed by atoms with E-state index in [1.54, 1.807) is 12.1 Å². The van der Waals surface area contributed by atoms with Gasteiger partial charge < -0.3 is 14.7 Å². The minimum atomic E-state index is -5.08. The molecule has 0 saturated carbocycles. The van der Waals surface area contributed by atoms with Crippen molar-refractivity contribution in [2.75, 3.05) is 26.7 Å². The molecule has 1 unspecified atom stereocenters. The molecule has 1 amide bonds. The normalized spacial score (nSPS) is 22.2. The van der Waals surface area contributed by atoms with E-state index in [0.717, 1.165) is 38.0 Å². The first kappa shape index (κ1) is 23.1. The number of piperidine rings is 1. The summed E-state index contributed by atoms with van der Waals surface area (Å²) in [7, 11) is 1.86. The molecule has 2 aliphatic rings. The van der Waals surface area contributed by atoms with Gasteiger partial charge in [0.05, 0.1) is 11.6 Å². The van der Waals surface area contributed by atoms with Crippen molar-refractivity contribution in [1.29, 1.82) is 0 Å². The summed E-state index contributed by atoms with van der Waals surface area (Å²) in [5, 5.41) is 7.12. The zero-order valence-electron chi connectivity index (χ0n) is 16.2. The predicted octanol–water partition coefficient (Wildman–Crippen LogP) is 2.67. The minimum Gasteiger partial charge on any atom is -0.475 e. The van der Waals surface area contributed by atoms with Crippen LogP contribution in [0.2, 0.25) is 0 Å². The summed E-state index contributed by atoms with van der Waals surface area (Å²) in [4.78, 5) is 24.8. The first-order chi connectivity index (χ1) is 13.4. The summed E-state index contributed by atoms with van der Waals surface area (Å²) >= 11 is 0. The number of carbonyl (C=O) groups is 2. The van der Waals surface area contributed by atoms with Gasteiger partial charge >= 0.3 is 12.1 Å². The summed E-state index contributed by atoms with van der Waals surface area (Å²) in [6, 6.07) is 6.88. The lowest BCUT2D eigenvalue weighted by Gasteiger charge is -2.50. The van der Waals surface area contributed by atoms with Crippen LogP contribution in [0.5, 0.6) is 0 Å². The Morgan fingerprint density at radius 1 is 1.31 bits per heavy atom. The second-order valence-corrected chi connectivity index (χ2v) is 7.24. The van der Waals surface area contributed by atoms with E-state index in [1.807, 2.05) is 18.0 Å². The van der Waals surface area contributed by atoms with Gasteiger partial charge in [-0.05, 0) is 37.5 Å². The number of likely N-dealkylation sites (N-methyl/N-ethyl adjacent to an activating group) is 1. The molecule has 29 heavy (non-hydrogen) atoms. The van der Waals surface area contributed by atoms with Gasteiger partial charge in [-0.2, -0.15) is 13.2 Å². The Kier molecular flexibility index (Phi) is 7.23. The van der Waals surface area contributed by atoms with Crippen molar-refractivity contribution in [2.24, 2.45) is 0 Å². The van der Waals surface area contributed by atoms with E-state index in [9.17, 15) is 22.4 Å². The van der Waals surface area contributed by atoms with Gasteiger partial charge in [-0.3, -0.25) is 9.69 Å². The number of halogens is 4. The molecule has 10 heteroatoms. The number of amides is 1. The van der Waals surface area contributed by atoms with Gasteiger partial charge in [0, 0.05) is 26.7 Å². The highest BCUT2D eigenvalue weighted by atomic mass is 19.4. The fraction of sp³-hybridized carbons (Fsp3) is 0.579. The monoisotopic (exact) mass is 420 g/mol.